The van der Waals surface area contributed by atoms with Gasteiger partial charge in [0, 0.05) is 35.9 Å². The standard InChI is InChI=1S/C23H22N4O4S2/c1-16-4-2-7-19(12-16)33(29,30)25-18-6-3-5-17(13-18)20-14-27-21(15-32-23(27)24-20)22(28)26-8-10-31-11-9-26/h2-7,12-15,25H,8-11H2,1H3. The van der Waals surface area contributed by atoms with Crippen molar-refractivity contribution in [2.75, 3.05) is 31.0 Å². The van der Waals surface area contributed by atoms with Gasteiger partial charge in [0.1, 0.15) is 5.69 Å². The Labute approximate surface area is 195 Å². The number of amides is 1. The molecule has 1 aliphatic rings. The van der Waals surface area contributed by atoms with Crippen molar-refractivity contribution in [3.05, 3.63) is 71.4 Å². The van der Waals surface area contributed by atoms with Gasteiger partial charge in [-0.3, -0.25) is 13.9 Å². The average molecular weight is 483 g/mol. The molecule has 0 saturated carbocycles. The van der Waals surface area contributed by atoms with E-state index in [4.69, 9.17) is 4.74 Å². The molecule has 2 aromatic heterocycles. The summed E-state index contributed by atoms with van der Waals surface area (Å²) < 4.78 is 35.4. The summed E-state index contributed by atoms with van der Waals surface area (Å²) >= 11 is 1.40. The highest BCUT2D eigenvalue weighted by molar-refractivity contribution is 7.92. The van der Waals surface area contributed by atoms with Gasteiger partial charge in [-0.1, -0.05) is 24.3 Å². The van der Waals surface area contributed by atoms with Gasteiger partial charge in [-0.05, 0) is 36.8 Å². The smallest absolute Gasteiger partial charge is 0.271 e. The molecule has 0 atom stereocenters. The van der Waals surface area contributed by atoms with E-state index in [9.17, 15) is 13.2 Å². The maximum Gasteiger partial charge on any atom is 0.271 e. The molecule has 1 amide bonds. The van der Waals surface area contributed by atoms with Crippen molar-refractivity contribution in [3.63, 3.8) is 0 Å². The van der Waals surface area contributed by atoms with Crippen LogP contribution in [-0.2, 0) is 14.8 Å². The number of carbonyl (C=O) groups excluding carboxylic acids is 1. The van der Waals surface area contributed by atoms with Gasteiger partial charge < -0.3 is 9.64 Å². The second-order valence-electron chi connectivity index (χ2n) is 7.81. The largest absolute Gasteiger partial charge is 0.378 e. The molecular formula is C23H22N4O4S2. The van der Waals surface area contributed by atoms with Gasteiger partial charge in [-0.15, -0.1) is 11.3 Å². The molecule has 3 heterocycles. The van der Waals surface area contributed by atoms with E-state index in [1.807, 2.05) is 30.6 Å². The minimum Gasteiger partial charge on any atom is -0.378 e. The molecule has 1 saturated heterocycles. The molecule has 0 bridgehead atoms. The van der Waals surface area contributed by atoms with Crippen LogP contribution in [0.4, 0.5) is 5.69 Å². The second-order valence-corrected chi connectivity index (χ2v) is 10.3. The molecule has 1 fully saturated rings. The second kappa shape index (κ2) is 8.62. The number of anilines is 1. The number of benzene rings is 2. The van der Waals surface area contributed by atoms with E-state index in [0.717, 1.165) is 11.1 Å². The maximum atomic E-state index is 12.9. The van der Waals surface area contributed by atoms with E-state index in [0.29, 0.717) is 48.3 Å². The predicted octanol–water partition coefficient (Wildman–Crippen LogP) is 3.64. The zero-order valence-corrected chi connectivity index (χ0v) is 19.5. The lowest BCUT2D eigenvalue weighted by atomic mass is 10.1. The quantitative estimate of drug-likeness (QED) is 0.469. The van der Waals surface area contributed by atoms with Gasteiger partial charge in [0.25, 0.3) is 15.9 Å². The summed E-state index contributed by atoms with van der Waals surface area (Å²) in [6.45, 7) is 4.07. The number of sulfonamides is 1. The number of nitrogens with zero attached hydrogens (tertiary/aromatic N) is 3. The van der Waals surface area contributed by atoms with Crippen molar-refractivity contribution in [1.82, 2.24) is 14.3 Å². The fourth-order valence-electron chi connectivity index (χ4n) is 3.74. The van der Waals surface area contributed by atoms with E-state index in [2.05, 4.69) is 9.71 Å². The summed E-state index contributed by atoms with van der Waals surface area (Å²) in [5, 5.41) is 1.82. The molecule has 0 unspecified atom stereocenters. The van der Waals surface area contributed by atoms with Crippen LogP contribution < -0.4 is 4.72 Å². The van der Waals surface area contributed by atoms with Crippen LogP contribution in [0.2, 0.25) is 0 Å². The van der Waals surface area contributed by atoms with Crippen molar-refractivity contribution < 1.29 is 17.9 Å². The number of aryl methyl sites for hydroxylation is 1. The molecule has 4 aromatic rings. The molecule has 10 heteroatoms. The van der Waals surface area contributed by atoms with Crippen LogP contribution >= 0.6 is 11.3 Å². The lowest BCUT2D eigenvalue weighted by Crippen LogP contribution is -2.41. The van der Waals surface area contributed by atoms with Gasteiger partial charge in [-0.25, -0.2) is 13.4 Å². The Balaban J connectivity index is 1.42. The first-order chi connectivity index (χ1) is 15.9. The lowest BCUT2D eigenvalue weighted by Gasteiger charge is -2.26. The topological polar surface area (TPSA) is 93.0 Å². The first-order valence-corrected chi connectivity index (χ1v) is 12.8. The number of nitrogens with one attached hydrogen (secondary N) is 1. The van der Waals surface area contributed by atoms with Crippen molar-refractivity contribution in [2.45, 2.75) is 11.8 Å². The zero-order valence-electron chi connectivity index (χ0n) is 17.9. The monoisotopic (exact) mass is 482 g/mol. The molecule has 0 spiro atoms. The SMILES string of the molecule is Cc1cccc(S(=O)(=O)Nc2cccc(-c3cn4c(C(=O)N5CCOCC5)csc4n3)c2)c1. The molecule has 1 aliphatic heterocycles. The highest BCUT2D eigenvalue weighted by atomic mass is 32.2. The van der Waals surface area contributed by atoms with Gasteiger partial charge >= 0.3 is 0 Å². The van der Waals surface area contributed by atoms with Crippen LogP contribution in [-0.4, -0.2) is 54.9 Å². The molecule has 33 heavy (non-hydrogen) atoms. The molecular weight excluding hydrogens is 460 g/mol. The highest BCUT2D eigenvalue weighted by Crippen LogP contribution is 2.27. The van der Waals surface area contributed by atoms with E-state index in [1.165, 1.54) is 11.3 Å². The van der Waals surface area contributed by atoms with Crippen molar-refractivity contribution >= 4 is 37.9 Å². The Kier molecular flexibility index (Phi) is 5.65. The average Bonchev–Trinajstić information content (AvgIpc) is 3.40. The fourth-order valence-corrected chi connectivity index (χ4v) is 5.74. The first-order valence-electron chi connectivity index (χ1n) is 10.4. The number of hydrogen-bond acceptors (Lipinski definition) is 6. The predicted molar refractivity (Wildman–Crippen MR) is 127 cm³/mol. The van der Waals surface area contributed by atoms with Crippen LogP contribution in [0.15, 0.2) is 65.0 Å². The van der Waals surface area contributed by atoms with E-state index in [1.54, 1.807) is 45.7 Å². The molecule has 1 N–H and O–H groups in total. The third-order valence-electron chi connectivity index (χ3n) is 5.44. The summed E-state index contributed by atoms with van der Waals surface area (Å²) in [7, 11) is -3.71. The van der Waals surface area contributed by atoms with Crippen LogP contribution in [0.5, 0.6) is 0 Å². The molecule has 0 aliphatic carbocycles. The third kappa shape index (κ3) is 4.37. The summed E-state index contributed by atoms with van der Waals surface area (Å²) in [4.78, 5) is 20.3. The molecule has 8 nitrogen and oxygen atoms in total. The lowest BCUT2D eigenvalue weighted by molar-refractivity contribution is 0.0298. The van der Waals surface area contributed by atoms with Gasteiger partial charge in [0.2, 0.25) is 0 Å². The summed E-state index contributed by atoms with van der Waals surface area (Å²) in [5.74, 6) is -0.0480. The Morgan fingerprint density at radius 3 is 2.70 bits per heavy atom. The fraction of sp³-hybridized carbons (Fsp3) is 0.217. The molecule has 0 radical (unpaired) electrons. The van der Waals surface area contributed by atoms with Crippen LogP contribution in [0.25, 0.3) is 16.2 Å². The Morgan fingerprint density at radius 1 is 1.12 bits per heavy atom. The van der Waals surface area contributed by atoms with E-state index >= 15 is 0 Å². The number of imidazole rings is 1. The minimum atomic E-state index is -3.71. The van der Waals surface area contributed by atoms with Crippen LogP contribution in [0, 0.1) is 6.92 Å². The normalized spacial score (nSPS) is 14.5. The number of morpholine rings is 1. The van der Waals surface area contributed by atoms with E-state index in [-0.39, 0.29) is 10.8 Å². The summed E-state index contributed by atoms with van der Waals surface area (Å²) in [5.41, 5.74) is 3.28. The number of ether oxygens (including phenoxy) is 1. The Morgan fingerprint density at radius 2 is 1.91 bits per heavy atom. The maximum absolute atomic E-state index is 12.9. The van der Waals surface area contributed by atoms with Crippen LogP contribution in [0.3, 0.4) is 0 Å². The molecule has 2 aromatic carbocycles. The highest BCUT2D eigenvalue weighted by Gasteiger charge is 2.23. The van der Waals surface area contributed by atoms with E-state index < -0.39 is 10.0 Å². The third-order valence-corrected chi connectivity index (χ3v) is 7.66. The number of fused-ring (bicyclic) bond motifs is 1. The van der Waals surface area contributed by atoms with Gasteiger partial charge in [0.15, 0.2) is 4.96 Å². The number of hydrogen-bond donors (Lipinski definition) is 1. The van der Waals surface area contributed by atoms with Gasteiger partial charge in [-0.2, -0.15) is 0 Å². The van der Waals surface area contributed by atoms with Crippen molar-refractivity contribution in [1.29, 1.82) is 0 Å². The number of thiazole rings is 1. The number of rotatable bonds is 5. The zero-order chi connectivity index (χ0) is 23.0. The Bertz CT molecular complexity index is 1440. The van der Waals surface area contributed by atoms with Crippen LogP contribution in [0.1, 0.15) is 16.1 Å². The number of carbonyl (C=O) groups is 1. The van der Waals surface area contributed by atoms with Crippen molar-refractivity contribution in [3.8, 4) is 11.3 Å². The minimum absolute atomic E-state index is 0.0480. The molecule has 170 valence electrons. The first kappa shape index (κ1) is 21.6. The van der Waals surface area contributed by atoms with Gasteiger partial charge in [0.05, 0.1) is 23.8 Å². The summed E-state index contributed by atoms with van der Waals surface area (Å²) in [6, 6.07) is 13.8. The Hall–Kier alpha value is -3.21. The number of aromatic nitrogens is 2. The van der Waals surface area contributed by atoms with Crippen molar-refractivity contribution in [2.24, 2.45) is 0 Å². The molecule has 5 rings (SSSR count). The summed E-state index contributed by atoms with van der Waals surface area (Å²) in [6.07, 6.45) is 1.81.